The van der Waals surface area contributed by atoms with Crippen LogP contribution < -0.4 is 5.32 Å². The second-order valence-electron chi connectivity index (χ2n) is 5.38. The summed E-state index contributed by atoms with van der Waals surface area (Å²) >= 11 is 0. The van der Waals surface area contributed by atoms with Crippen LogP contribution in [0.15, 0.2) is 0 Å². The summed E-state index contributed by atoms with van der Waals surface area (Å²) in [6.07, 6.45) is 4.09. The molecule has 0 aromatic carbocycles. The Balaban J connectivity index is 1.84. The van der Waals surface area contributed by atoms with E-state index in [4.69, 9.17) is 0 Å². The standard InChI is InChI=1S/C12H22N2O3S/c1-10(14-6-3-2-4-7-14)12(15)13-11-5-8-18(16,17)9-11/h10-11H,2-9H2,1H3,(H,13,15)/t10-,11-/m1/s1. The normalized spacial score (nSPS) is 29.9. The average Bonchev–Trinajstić information content (AvgIpc) is 2.68. The third kappa shape index (κ3) is 3.45. The fourth-order valence-corrected chi connectivity index (χ4v) is 4.38. The van der Waals surface area contributed by atoms with Crippen molar-refractivity contribution in [2.75, 3.05) is 24.6 Å². The highest BCUT2D eigenvalue weighted by molar-refractivity contribution is 7.91. The van der Waals surface area contributed by atoms with Gasteiger partial charge in [-0.25, -0.2) is 8.42 Å². The van der Waals surface area contributed by atoms with Crippen molar-refractivity contribution in [3.05, 3.63) is 0 Å². The van der Waals surface area contributed by atoms with Crippen LogP contribution in [0.25, 0.3) is 0 Å². The molecular formula is C12H22N2O3S. The third-order valence-corrected chi connectivity index (χ3v) is 5.66. The van der Waals surface area contributed by atoms with Crippen LogP contribution in [0, 0.1) is 0 Å². The van der Waals surface area contributed by atoms with Crippen molar-refractivity contribution >= 4 is 15.7 Å². The quantitative estimate of drug-likeness (QED) is 0.796. The molecule has 0 spiro atoms. The first kappa shape index (κ1) is 13.8. The number of hydrogen-bond donors (Lipinski definition) is 1. The monoisotopic (exact) mass is 274 g/mol. The summed E-state index contributed by atoms with van der Waals surface area (Å²) in [6.45, 7) is 3.85. The second kappa shape index (κ2) is 5.57. The van der Waals surface area contributed by atoms with Crippen molar-refractivity contribution in [1.82, 2.24) is 10.2 Å². The molecule has 2 rings (SSSR count). The zero-order valence-corrected chi connectivity index (χ0v) is 11.7. The molecule has 5 nitrogen and oxygen atoms in total. The Morgan fingerprint density at radius 2 is 1.94 bits per heavy atom. The average molecular weight is 274 g/mol. The highest BCUT2D eigenvalue weighted by atomic mass is 32.2. The molecular weight excluding hydrogens is 252 g/mol. The summed E-state index contributed by atoms with van der Waals surface area (Å²) in [4.78, 5) is 14.2. The molecule has 2 atom stereocenters. The van der Waals surface area contributed by atoms with E-state index in [0.717, 1.165) is 25.9 Å². The van der Waals surface area contributed by atoms with Gasteiger partial charge in [0.2, 0.25) is 5.91 Å². The molecule has 2 fully saturated rings. The number of hydrogen-bond acceptors (Lipinski definition) is 4. The molecule has 18 heavy (non-hydrogen) atoms. The molecule has 1 amide bonds. The van der Waals surface area contributed by atoms with Gasteiger partial charge >= 0.3 is 0 Å². The van der Waals surface area contributed by atoms with Gasteiger partial charge in [0.05, 0.1) is 17.5 Å². The summed E-state index contributed by atoms with van der Waals surface area (Å²) in [5, 5.41) is 2.87. The zero-order valence-electron chi connectivity index (χ0n) is 10.9. The molecule has 104 valence electrons. The van der Waals surface area contributed by atoms with Crippen LogP contribution in [0.3, 0.4) is 0 Å². The lowest BCUT2D eigenvalue weighted by atomic mass is 10.1. The van der Waals surface area contributed by atoms with Crippen molar-refractivity contribution < 1.29 is 13.2 Å². The molecule has 2 aliphatic heterocycles. The highest BCUT2D eigenvalue weighted by Crippen LogP contribution is 2.14. The Labute approximate surface area is 109 Å². The molecule has 6 heteroatoms. The van der Waals surface area contributed by atoms with E-state index in [0.29, 0.717) is 6.42 Å². The van der Waals surface area contributed by atoms with Crippen LogP contribution in [-0.2, 0) is 14.6 Å². The molecule has 0 bridgehead atoms. The van der Waals surface area contributed by atoms with Gasteiger partial charge in [0.25, 0.3) is 0 Å². The number of likely N-dealkylation sites (tertiary alicyclic amines) is 1. The lowest BCUT2D eigenvalue weighted by Crippen LogP contribution is -2.50. The minimum Gasteiger partial charge on any atom is -0.351 e. The minimum absolute atomic E-state index is 0.0287. The number of carbonyl (C=O) groups is 1. The van der Waals surface area contributed by atoms with Crippen LogP contribution in [0.4, 0.5) is 0 Å². The van der Waals surface area contributed by atoms with Gasteiger partial charge in [-0.3, -0.25) is 9.69 Å². The van der Waals surface area contributed by atoms with Gasteiger partial charge in [0, 0.05) is 6.04 Å². The topological polar surface area (TPSA) is 66.5 Å². The molecule has 2 aliphatic rings. The molecule has 0 radical (unpaired) electrons. The van der Waals surface area contributed by atoms with Crippen LogP contribution >= 0.6 is 0 Å². The minimum atomic E-state index is -2.92. The maximum atomic E-state index is 12.1. The van der Waals surface area contributed by atoms with Crippen molar-refractivity contribution in [2.45, 2.75) is 44.7 Å². The summed E-state index contributed by atoms with van der Waals surface area (Å²) in [6, 6.07) is -0.330. The van der Waals surface area contributed by atoms with Gasteiger partial charge in [-0.15, -0.1) is 0 Å². The Kier molecular flexibility index (Phi) is 4.27. The molecule has 2 heterocycles. The number of amides is 1. The Morgan fingerprint density at radius 1 is 1.28 bits per heavy atom. The van der Waals surface area contributed by atoms with Crippen LogP contribution in [-0.4, -0.2) is 55.9 Å². The second-order valence-corrected chi connectivity index (χ2v) is 7.61. The van der Waals surface area contributed by atoms with Crippen molar-refractivity contribution in [1.29, 1.82) is 0 Å². The molecule has 0 aromatic rings. The number of carbonyl (C=O) groups excluding carboxylic acids is 1. The number of nitrogens with one attached hydrogen (secondary N) is 1. The van der Waals surface area contributed by atoms with E-state index in [1.54, 1.807) is 0 Å². The van der Waals surface area contributed by atoms with Gasteiger partial charge in [0.1, 0.15) is 0 Å². The summed E-state index contributed by atoms with van der Waals surface area (Å²) in [5.74, 6) is 0.278. The molecule has 1 N–H and O–H groups in total. The smallest absolute Gasteiger partial charge is 0.237 e. The number of piperidine rings is 1. The first-order valence-electron chi connectivity index (χ1n) is 6.73. The maximum Gasteiger partial charge on any atom is 0.237 e. The maximum absolute atomic E-state index is 12.1. The molecule has 0 unspecified atom stereocenters. The lowest BCUT2D eigenvalue weighted by Gasteiger charge is -2.31. The fraction of sp³-hybridized carbons (Fsp3) is 0.917. The first-order chi connectivity index (χ1) is 8.48. The molecule has 0 aliphatic carbocycles. The Hall–Kier alpha value is -0.620. The lowest BCUT2D eigenvalue weighted by molar-refractivity contribution is -0.126. The van der Waals surface area contributed by atoms with E-state index in [9.17, 15) is 13.2 Å². The fourth-order valence-electron chi connectivity index (χ4n) is 2.70. The van der Waals surface area contributed by atoms with Gasteiger partial charge in [-0.05, 0) is 39.3 Å². The van der Waals surface area contributed by atoms with E-state index in [1.807, 2.05) is 6.92 Å². The summed E-state index contributed by atoms with van der Waals surface area (Å²) in [5.41, 5.74) is 0. The zero-order chi connectivity index (χ0) is 13.2. The largest absolute Gasteiger partial charge is 0.351 e. The number of sulfone groups is 1. The van der Waals surface area contributed by atoms with Crippen LogP contribution in [0.1, 0.15) is 32.6 Å². The predicted molar refractivity (Wildman–Crippen MR) is 70.1 cm³/mol. The van der Waals surface area contributed by atoms with Gasteiger partial charge in [-0.1, -0.05) is 6.42 Å². The Bertz CT molecular complexity index is 402. The number of nitrogens with zero attached hydrogens (tertiary/aromatic N) is 1. The SMILES string of the molecule is C[C@H](C(=O)N[C@@H]1CCS(=O)(=O)C1)N1CCCCC1. The van der Waals surface area contributed by atoms with E-state index in [1.165, 1.54) is 6.42 Å². The van der Waals surface area contributed by atoms with Crippen LogP contribution in [0.2, 0.25) is 0 Å². The predicted octanol–water partition coefficient (Wildman–Crippen LogP) is 0.164. The summed E-state index contributed by atoms with van der Waals surface area (Å²) in [7, 11) is -2.92. The van der Waals surface area contributed by atoms with Crippen molar-refractivity contribution in [2.24, 2.45) is 0 Å². The third-order valence-electron chi connectivity index (χ3n) is 3.90. The van der Waals surface area contributed by atoms with E-state index in [-0.39, 0.29) is 29.5 Å². The first-order valence-corrected chi connectivity index (χ1v) is 8.55. The van der Waals surface area contributed by atoms with E-state index >= 15 is 0 Å². The van der Waals surface area contributed by atoms with Gasteiger partial charge in [0.15, 0.2) is 9.84 Å². The molecule has 0 aromatic heterocycles. The molecule has 2 saturated heterocycles. The van der Waals surface area contributed by atoms with Crippen molar-refractivity contribution in [3.63, 3.8) is 0 Å². The van der Waals surface area contributed by atoms with Gasteiger partial charge in [-0.2, -0.15) is 0 Å². The Morgan fingerprint density at radius 3 is 2.50 bits per heavy atom. The van der Waals surface area contributed by atoms with E-state index < -0.39 is 9.84 Å². The molecule has 0 saturated carbocycles. The summed E-state index contributed by atoms with van der Waals surface area (Å²) < 4.78 is 22.7. The van der Waals surface area contributed by atoms with E-state index in [2.05, 4.69) is 10.2 Å². The number of rotatable bonds is 3. The van der Waals surface area contributed by atoms with Crippen molar-refractivity contribution in [3.8, 4) is 0 Å². The van der Waals surface area contributed by atoms with Gasteiger partial charge < -0.3 is 5.32 Å². The highest BCUT2D eigenvalue weighted by Gasteiger charge is 2.31. The van der Waals surface area contributed by atoms with Crippen LogP contribution in [0.5, 0.6) is 0 Å².